The van der Waals surface area contributed by atoms with Crippen molar-refractivity contribution in [2.75, 3.05) is 26.2 Å². The molecule has 0 bridgehead atoms. The first kappa shape index (κ1) is 14.9. The maximum absolute atomic E-state index is 4.27. The van der Waals surface area contributed by atoms with Crippen LogP contribution in [-0.4, -0.2) is 41.0 Å². The third-order valence-corrected chi connectivity index (χ3v) is 5.55. The molecule has 3 nitrogen and oxygen atoms in total. The molecule has 4 rings (SSSR count). The predicted molar refractivity (Wildman–Crippen MR) is 92.9 cm³/mol. The first-order valence-electron chi connectivity index (χ1n) is 8.70. The molecule has 0 N–H and O–H groups in total. The maximum atomic E-state index is 4.27. The lowest BCUT2D eigenvalue weighted by molar-refractivity contribution is 0.212. The highest BCUT2D eigenvalue weighted by Crippen LogP contribution is 2.36. The van der Waals surface area contributed by atoms with E-state index >= 15 is 0 Å². The van der Waals surface area contributed by atoms with Gasteiger partial charge in [0, 0.05) is 51.2 Å². The molecular weight excluding hydrogens is 282 g/mol. The van der Waals surface area contributed by atoms with Crippen molar-refractivity contribution in [3.05, 3.63) is 66.0 Å². The largest absolute Gasteiger partial charge is 0.298 e. The van der Waals surface area contributed by atoms with Gasteiger partial charge in [-0.05, 0) is 36.0 Å². The third kappa shape index (κ3) is 3.17. The van der Waals surface area contributed by atoms with E-state index in [2.05, 4.69) is 58.1 Å². The van der Waals surface area contributed by atoms with Gasteiger partial charge in [-0.2, -0.15) is 0 Å². The van der Waals surface area contributed by atoms with Gasteiger partial charge in [0.05, 0.1) is 0 Å². The molecule has 2 aliphatic heterocycles. The Kier molecular flexibility index (Phi) is 4.15. The molecule has 3 atom stereocenters. The fraction of sp³-hybridized carbons (Fsp3) is 0.450. The molecule has 2 aliphatic rings. The molecule has 0 saturated carbocycles. The number of hydrogen-bond acceptors (Lipinski definition) is 3. The average Bonchev–Trinajstić information content (AvgIpc) is 3.14. The monoisotopic (exact) mass is 307 g/mol. The number of pyridine rings is 1. The van der Waals surface area contributed by atoms with Gasteiger partial charge in [0.1, 0.15) is 0 Å². The Bertz CT molecular complexity index is 614. The minimum atomic E-state index is 0.483. The van der Waals surface area contributed by atoms with Gasteiger partial charge in [0.2, 0.25) is 0 Å². The normalized spacial score (nSPS) is 26.3. The van der Waals surface area contributed by atoms with Crippen molar-refractivity contribution in [3.63, 3.8) is 0 Å². The van der Waals surface area contributed by atoms with Gasteiger partial charge in [-0.25, -0.2) is 0 Å². The van der Waals surface area contributed by atoms with Gasteiger partial charge >= 0.3 is 0 Å². The number of aromatic nitrogens is 1. The zero-order chi connectivity index (χ0) is 15.6. The van der Waals surface area contributed by atoms with Crippen molar-refractivity contribution in [2.45, 2.75) is 19.5 Å². The fourth-order valence-corrected chi connectivity index (χ4v) is 4.25. The molecule has 2 aromatic rings. The molecule has 0 spiro atoms. The van der Waals surface area contributed by atoms with Crippen LogP contribution in [0.1, 0.15) is 24.1 Å². The first-order valence-corrected chi connectivity index (χ1v) is 8.70. The van der Waals surface area contributed by atoms with E-state index in [1.54, 1.807) is 0 Å². The third-order valence-electron chi connectivity index (χ3n) is 5.55. The first-order chi connectivity index (χ1) is 11.3. The zero-order valence-electron chi connectivity index (χ0n) is 13.8. The van der Waals surface area contributed by atoms with Crippen molar-refractivity contribution < 1.29 is 0 Å². The summed E-state index contributed by atoms with van der Waals surface area (Å²) in [5.74, 6) is 1.66. The summed E-state index contributed by atoms with van der Waals surface area (Å²) in [6, 6.07) is 15.6. The van der Waals surface area contributed by atoms with Crippen LogP contribution < -0.4 is 0 Å². The number of benzene rings is 1. The summed E-state index contributed by atoms with van der Waals surface area (Å²) in [5.41, 5.74) is 2.78. The zero-order valence-corrected chi connectivity index (χ0v) is 13.8. The van der Waals surface area contributed by atoms with Crippen LogP contribution in [0.25, 0.3) is 0 Å². The summed E-state index contributed by atoms with van der Waals surface area (Å²) in [6.45, 7) is 8.37. The lowest BCUT2D eigenvalue weighted by Gasteiger charge is -2.27. The SMILES string of the molecule is CC(c1cccnc1)N1C[C@H]2CN(Cc3ccccc3)C[C@H]2C1. The van der Waals surface area contributed by atoms with Crippen LogP contribution in [0.15, 0.2) is 54.9 Å². The van der Waals surface area contributed by atoms with Crippen LogP contribution in [0.4, 0.5) is 0 Å². The molecule has 23 heavy (non-hydrogen) atoms. The Hall–Kier alpha value is -1.71. The lowest BCUT2D eigenvalue weighted by atomic mass is 10.0. The summed E-state index contributed by atoms with van der Waals surface area (Å²) in [5, 5.41) is 0. The van der Waals surface area contributed by atoms with Crippen LogP contribution in [0.2, 0.25) is 0 Å². The van der Waals surface area contributed by atoms with E-state index in [0.29, 0.717) is 6.04 Å². The Morgan fingerprint density at radius 1 is 1.00 bits per heavy atom. The average molecular weight is 307 g/mol. The minimum Gasteiger partial charge on any atom is -0.298 e. The summed E-state index contributed by atoms with van der Waals surface area (Å²) in [6.07, 6.45) is 3.87. The molecule has 2 saturated heterocycles. The molecule has 0 radical (unpaired) electrons. The van der Waals surface area contributed by atoms with Crippen molar-refractivity contribution in [2.24, 2.45) is 11.8 Å². The number of rotatable bonds is 4. The Balaban J connectivity index is 1.35. The Labute approximate surface area is 139 Å². The summed E-state index contributed by atoms with van der Waals surface area (Å²) >= 11 is 0. The van der Waals surface area contributed by atoms with Gasteiger partial charge in [-0.3, -0.25) is 14.8 Å². The second kappa shape index (κ2) is 6.42. The van der Waals surface area contributed by atoms with Crippen LogP contribution in [0, 0.1) is 11.8 Å². The van der Waals surface area contributed by atoms with Crippen LogP contribution >= 0.6 is 0 Å². The van der Waals surface area contributed by atoms with Gasteiger partial charge in [-0.15, -0.1) is 0 Å². The standard InChI is InChI=1S/C20H25N3/c1-16(18-8-5-9-21-10-18)23-14-19-12-22(13-20(19)15-23)11-17-6-3-2-4-7-17/h2-10,16,19-20H,11-15H2,1H3/t16?,19-,20+. The highest BCUT2D eigenvalue weighted by atomic mass is 15.2. The van der Waals surface area contributed by atoms with E-state index < -0.39 is 0 Å². The number of likely N-dealkylation sites (tertiary alicyclic amines) is 2. The van der Waals surface area contributed by atoms with E-state index in [9.17, 15) is 0 Å². The molecule has 120 valence electrons. The van der Waals surface area contributed by atoms with E-state index in [-0.39, 0.29) is 0 Å². The number of nitrogens with zero attached hydrogens (tertiary/aromatic N) is 3. The molecule has 1 unspecified atom stereocenters. The summed E-state index contributed by atoms with van der Waals surface area (Å²) in [4.78, 5) is 9.55. The number of fused-ring (bicyclic) bond motifs is 1. The predicted octanol–water partition coefficient (Wildman–Crippen LogP) is 3.21. The summed E-state index contributed by atoms with van der Waals surface area (Å²) in [7, 11) is 0. The van der Waals surface area contributed by atoms with E-state index in [1.807, 2.05) is 18.5 Å². The smallest absolute Gasteiger partial charge is 0.0335 e. The maximum Gasteiger partial charge on any atom is 0.0335 e. The number of hydrogen-bond donors (Lipinski definition) is 0. The van der Waals surface area contributed by atoms with Crippen molar-refractivity contribution >= 4 is 0 Å². The van der Waals surface area contributed by atoms with Crippen LogP contribution in [0.3, 0.4) is 0 Å². The molecular formula is C20H25N3. The molecule has 1 aromatic heterocycles. The van der Waals surface area contributed by atoms with Crippen molar-refractivity contribution in [3.8, 4) is 0 Å². The lowest BCUT2D eigenvalue weighted by Crippen LogP contribution is -2.30. The second-order valence-corrected chi connectivity index (χ2v) is 7.12. The Morgan fingerprint density at radius 3 is 2.39 bits per heavy atom. The quantitative estimate of drug-likeness (QED) is 0.864. The van der Waals surface area contributed by atoms with Crippen molar-refractivity contribution in [1.82, 2.24) is 14.8 Å². The van der Waals surface area contributed by atoms with Crippen LogP contribution in [0.5, 0.6) is 0 Å². The highest BCUT2D eigenvalue weighted by molar-refractivity contribution is 5.16. The molecule has 3 heteroatoms. The van der Waals surface area contributed by atoms with Gasteiger partial charge in [0.15, 0.2) is 0 Å². The topological polar surface area (TPSA) is 19.4 Å². The van der Waals surface area contributed by atoms with Crippen molar-refractivity contribution in [1.29, 1.82) is 0 Å². The molecule has 1 aromatic carbocycles. The van der Waals surface area contributed by atoms with E-state index in [0.717, 1.165) is 18.4 Å². The van der Waals surface area contributed by atoms with Crippen LogP contribution in [-0.2, 0) is 6.54 Å². The van der Waals surface area contributed by atoms with Gasteiger partial charge < -0.3 is 0 Å². The molecule has 3 heterocycles. The van der Waals surface area contributed by atoms with E-state index in [4.69, 9.17) is 0 Å². The minimum absolute atomic E-state index is 0.483. The molecule has 0 amide bonds. The Morgan fingerprint density at radius 2 is 1.74 bits per heavy atom. The van der Waals surface area contributed by atoms with E-state index in [1.165, 1.54) is 37.3 Å². The summed E-state index contributed by atoms with van der Waals surface area (Å²) < 4.78 is 0. The molecule has 2 fully saturated rings. The second-order valence-electron chi connectivity index (χ2n) is 7.12. The fourth-order valence-electron chi connectivity index (χ4n) is 4.25. The van der Waals surface area contributed by atoms with Gasteiger partial charge in [-0.1, -0.05) is 36.4 Å². The molecule has 0 aliphatic carbocycles. The van der Waals surface area contributed by atoms with Gasteiger partial charge in [0.25, 0.3) is 0 Å². The highest BCUT2D eigenvalue weighted by Gasteiger charge is 2.41.